The predicted octanol–water partition coefficient (Wildman–Crippen LogP) is 2.22. The SMILES string of the molecule is OCC1(c2ccc(C#Cc3ccc4[nH]ncc4c3)cc2)COC1. The fourth-order valence-corrected chi connectivity index (χ4v) is 2.77. The highest BCUT2D eigenvalue weighted by Gasteiger charge is 2.39. The number of aromatic nitrogens is 2. The predicted molar refractivity (Wildman–Crippen MR) is 88.1 cm³/mol. The lowest BCUT2D eigenvalue weighted by atomic mass is 9.79. The third kappa shape index (κ3) is 2.50. The Morgan fingerprint density at radius 1 is 1.09 bits per heavy atom. The Bertz CT molecular complexity index is 891. The van der Waals surface area contributed by atoms with Gasteiger partial charge >= 0.3 is 0 Å². The van der Waals surface area contributed by atoms with Crippen molar-refractivity contribution in [2.24, 2.45) is 0 Å². The molecule has 2 heterocycles. The van der Waals surface area contributed by atoms with Crippen LogP contribution in [0.2, 0.25) is 0 Å². The van der Waals surface area contributed by atoms with Crippen LogP contribution < -0.4 is 0 Å². The number of fused-ring (bicyclic) bond motifs is 1. The van der Waals surface area contributed by atoms with Crippen molar-refractivity contribution >= 4 is 10.9 Å². The van der Waals surface area contributed by atoms with E-state index >= 15 is 0 Å². The first kappa shape index (κ1) is 14.0. The van der Waals surface area contributed by atoms with E-state index in [1.165, 1.54) is 0 Å². The Morgan fingerprint density at radius 3 is 2.52 bits per heavy atom. The van der Waals surface area contributed by atoms with Gasteiger partial charge in [0.25, 0.3) is 0 Å². The monoisotopic (exact) mass is 304 g/mol. The standard InChI is InChI=1S/C19H16N2O2/c22-11-19(12-23-13-19)17-6-3-14(4-7-17)1-2-15-5-8-18-16(9-15)10-20-21-18/h3-10,22H,11-13H2,(H,20,21). The average Bonchev–Trinajstić information content (AvgIpc) is 3.01. The zero-order valence-corrected chi connectivity index (χ0v) is 12.5. The molecule has 0 bridgehead atoms. The van der Waals surface area contributed by atoms with Gasteiger partial charge < -0.3 is 9.84 Å². The van der Waals surface area contributed by atoms with Crippen LogP contribution in [0.1, 0.15) is 16.7 Å². The summed E-state index contributed by atoms with van der Waals surface area (Å²) in [6, 6.07) is 14.0. The zero-order chi connectivity index (χ0) is 15.7. The van der Waals surface area contributed by atoms with Crippen molar-refractivity contribution in [3.05, 3.63) is 65.4 Å². The van der Waals surface area contributed by atoms with Crippen molar-refractivity contribution in [2.45, 2.75) is 5.41 Å². The lowest BCUT2D eigenvalue weighted by molar-refractivity contribution is -0.0841. The number of nitrogens with one attached hydrogen (secondary N) is 1. The first-order valence-corrected chi connectivity index (χ1v) is 7.53. The number of H-pyrrole nitrogens is 1. The van der Waals surface area contributed by atoms with Gasteiger partial charge in [-0.1, -0.05) is 24.0 Å². The van der Waals surface area contributed by atoms with Crippen molar-refractivity contribution in [1.29, 1.82) is 0 Å². The minimum atomic E-state index is -0.224. The van der Waals surface area contributed by atoms with Gasteiger partial charge in [-0.3, -0.25) is 5.10 Å². The summed E-state index contributed by atoms with van der Waals surface area (Å²) < 4.78 is 5.25. The van der Waals surface area contributed by atoms with Crippen LogP contribution in [0, 0.1) is 11.8 Å². The highest BCUT2D eigenvalue weighted by atomic mass is 16.5. The molecule has 114 valence electrons. The maximum absolute atomic E-state index is 9.56. The summed E-state index contributed by atoms with van der Waals surface area (Å²) in [7, 11) is 0. The number of ether oxygens (including phenoxy) is 1. The largest absolute Gasteiger partial charge is 0.395 e. The lowest BCUT2D eigenvalue weighted by Gasteiger charge is -2.40. The Kier molecular flexibility index (Phi) is 3.38. The molecule has 2 aromatic carbocycles. The maximum Gasteiger partial charge on any atom is 0.0651 e. The Labute approximate surface area is 134 Å². The van der Waals surface area contributed by atoms with E-state index in [4.69, 9.17) is 4.74 Å². The molecule has 4 rings (SSSR count). The van der Waals surface area contributed by atoms with Crippen LogP contribution >= 0.6 is 0 Å². The Morgan fingerprint density at radius 2 is 1.83 bits per heavy atom. The number of benzene rings is 2. The minimum absolute atomic E-state index is 0.114. The third-order valence-electron chi connectivity index (χ3n) is 4.35. The van der Waals surface area contributed by atoms with Crippen LogP contribution in [0.15, 0.2) is 48.7 Å². The number of hydrogen-bond donors (Lipinski definition) is 2. The van der Waals surface area contributed by atoms with Crippen molar-refractivity contribution in [3.63, 3.8) is 0 Å². The van der Waals surface area contributed by atoms with E-state index in [9.17, 15) is 5.11 Å². The summed E-state index contributed by atoms with van der Waals surface area (Å²) >= 11 is 0. The molecule has 23 heavy (non-hydrogen) atoms. The van der Waals surface area contributed by atoms with Crippen LogP contribution in [-0.2, 0) is 10.2 Å². The van der Waals surface area contributed by atoms with Gasteiger partial charge in [-0.05, 0) is 35.9 Å². The third-order valence-corrected chi connectivity index (χ3v) is 4.35. The molecule has 0 radical (unpaired) electrons. The molecular weight excluding hydrogens is 288 g/mol. The molecule has 1 aliphatic heterocycles. The second kappa shape index (κ2) is 5.54. The smallest absolute Gasteiger partial charge is 0.0651 e. The van der Waals surface area contributed by atoms with Gasteiger partial charge in [0, 0.05) is 16.5 Å². The summed E-state index contributed by atoms with van der Waals surface area (Å²) in [4.78, 5) is 0. The molecular formula is C19H16N2O2. The lowest BCUT2D eigenvalue weighted by Crippen LogP contribution is -2.49. The van der Waals surface area contributed by atoms with Gasteiger partial charge in [0.15, 0.2) is 0 Å². The second-order valence-electron chi connectivity index (χ2n) is 5.93. The molecule has 0 spiro atoms. The van der Waals surface area contributed by atoms with Crippen LogP contribution in [0.3, 0.4) is 0 Å². The second-order valence-corrected chi connectivity index (χ2v) is 5.93. The molecule has 2 N–H and O–H groups in total. The minimum Gasteiger partial charge on any atom is -0.395 e. The molecule has 3 aromatic rings. The topological polar surface area (TPSA) is 58.1 Å². The van der Waals surface area contributed by atoms with E-state index in [1.807, 2.05) is 42.5 Å². The zero-order valence-electron chi connectivity index (χ0n) is 12.5. The normalized spacial score (nSPS) is 15.7. The van der Waals surface area contributed by atoms with Gasteiger partial charge in [-0.25, -0.2) is 0 Å². The van der Waals surface area contributed by atoms with Gasteiger partial charge in [0.2, 0.25) is 0 Å². The Balaban J connectivity index is 1.57. The Hall–Kier alpha value is -2.61. The van der Waals surface area contributed by atoms with Gasteiger partial charge in [-0.15, -0.1) is 0 Å². The number of nitrogens with zero attached hydrogens (tertiary/aromatic N) is 1. The molecule has 1 saturated heterocycles. The van der Waals surface area contributed by atoms with E-state index in [2.05, 4.69) is 22.0 Å². The first-order chi connectivity index (χ1) is 11.3. The average molecular weight is 304 g/mol. The number of hydrogen-bond acceptors (Lipinski definition) is 3. The number of aliphatic hydroxyl groups is 1. The molecule has 4 nitrogen and oxygen atoms in total. The van der Waals surface area contributed by atoms with Crippen molar-refractivity contribution < 1.29 is 9.84 Å². The molecule has 0 atom stereocenters. The molecule has 0 amide bonds. The quantitative estimate of drug-likeness (QED) is 0.714. The van der Waals surface area contributed by atoms with Gasteiger partial charge in [-0.2, -0.15) is 5.10 Å². The van der Waals surface area contributed by atoms with E-state index in [1.54, 1.807) is 6.20 Å². The molecule has 1 aromatic heterocycles. The van der Waals surface area contributed by atoms with E-state index in [0.717, 1.165) is 27.6 Å². The molecule has 1 fully saturated rings. The summed E-state index contributed by atoms with van der Waals surface area (Å²) in [5, 5.41) is 17.6. The number of aromatic amines is 1. The van der Waals surface area contributed by atoms with Gasteiger partial charge in [0.05, 0.1) is 36.9 Å². The summed E-state index contributed by atoms with van der Waals surface area (Å²) in [5.74, 6) is 6.35. The molecule has 0 saturated carbocycles. The van der Waals surface area contributed by atoms with E-state index in [0.29, 0.717) is 13.2 Å². The van der Waals surface area contributed by atoms with Crippen molar-refractivity contribution in [1.82, 2.24) is 10.2 Å². The molecule has 1 aliphatic rings. The number of aliphatic hydroxyl groups excluding tert-OH is 1. The highest BCUT2D eigenvalue weighted by molar-refractivity contribution is 5.79. The van der Waals surface area contributed by atoms with Gasteiger partial charge in [0.1, 0.15) is 0 Å². The highest BCUT2D eigenvalue weighted by Crippen LogP contribution is 2.31. The van der Waals surface area contributed by atoms with Crippen molar-refractivity contribution in [3.8, 4) is 11.8 Å². The molecule has 0 aliphatic carbocycles. The molecule has 0 unspecified atom stereocenters. The van der Waals surface area contributed by atoms with Crippen molar-refractivity contribution in [2.75, 3.05) is 19.8 Å². The summed E-state index contributed by atoms with van der Waals surface area (Å²) in [5.41, 5.74) is 3.81. The fourth-order valence-electron chi connectivity index (χ4n) is 2.77. The first-order valence-electron chi connectivity index (χ1n) is 7.53. The van der Waals surface area contributed by atoms with E-state index in [-0.39, 0.29) is 12.0 Å². The summed E-state index contributed by atoms with van der Waals surface area (Å²) in [6.45, 7) is 1.28. The van der Waals surface area contributed by atoms with E-state index < -0.39 is 0 Å². The molecule has 4 heteroatoms. The maximum atomic E-state index is 9.56. The van der Waals surface area contributed by atoms with Crippen LogP contribution in [0.5, 0.6) is 0 Å². The van der Waals surface area contributed by atoms with Crippen LogP contribution in [-0.4, -0.2) is 35.1 Å². The fraction of sp³-hybridized carbons (Fsp3) is 0.211. The number of rotatable bonds is 2. The van der Waals surface area contributed by atoms with Crippen LogP contribution in [0.4, 0.5) is 0 Å². The van der Waals surface area contributed by atoms with Crippen LogP contribution in [0.25, 0.3) is 10.9 Å². The summed E-state index contributed by atoms with van der Waals surface area (Å²) in [6.07, 6.45) is 1.80.